The Bertz CT molecular complexity index is 499. The van der Waals surface area contributed by atoms with Crippen molar-refractivity contribution in [3.63, 3.8) is 0 Å². The lowest BCUT2D eigenvalue weighted by molar-refractivity contribution is 0.142. The van der Waals surface area contributed by atoms with Gasteiger partial charge in [0.15, 0.2) is 0 Å². The van der Waals surface area contributed by atoms with Gasteiger partial charge in [-0.25, -0.2) is 8.42 Å². The molecule has 1 unspecified atom stereocenters. The minimum atomic E-state index is -3.44. The number of rotatable bonds is 9. The molecule has 1 heterocycles. The Kier molecular flexibility index (Phi) is 7.11. The van der Waals surface area contributed by atoms with Gasteiger partial charge in [-0.3, -0.25) is 0 Å². The van der Waals surface area contributed by atoms with Crippen LogP contribution in [0.25, 0.3) is 0 Å². The lowest BCUT2D eigenvalue weighted by Gasteiger charge is -2.26. The predicted octanol–water partition coefficient (Wildman–Crippen LogP) is 1.90. The summed E-state index contributed by atoms with van der Waals surface area (Å²) in [5.41, 5.74) is 0. The highest BCUT2D eigenvalue weighted by molar-refractivity contribution is 7.89. The van der Waals surface area contributed by atoms with Gasteiger partial charge in [0.1, 0.15) is 0 Å². The normalized spacial score (nSPS) is 13.8. The van der Waals surface area contributed by atoms with Gasteiger partial charge in [-0.15, -0.1) is 11.3 Å². The fourth-order valence-corrected chi connectivity index (χ4v) is 4.87. The molecule has 0 spiro atoms. The van der Waals surface area contributed by atoms with Gasteiger partial charge in [0.2, 0.25) is 10.0 Å². The summed E-state index contributed by atoms with van der Waals surface area (Å²) >= 11 is 1.47. The fourth-order valence-electron chi connectivity index (χ4n) is 2.01. The smallest absolute Gasteiger partial charge is 0.244 e. The predicted molar refractivity (Wildman–Crippen MR) is 82.6 cm³/mol. The summed E-state index contributed by atoms with van der Waals surface area (Å²) in [5, 5.41) is 4.91. The third-order valence-electron chi connectivity index (χ3n) is 3.00. The molecule has 5 nitrogen and oxygen atoms in total. The number of hydrogen-bond acceptors (Lipinski definition) is 5. The number of hydrogen-bond donors (Lipinski definition) is 1. The van der Waals surface area contributed by atoms with Crippen LogP contribution >= 0.6 is 11.3 Å². The Morgan fingerprint density at radius 2 is 2.15 bits per heavy atom. The largest absolute Gasteiger partial charge is 0.383 e. The summed E-state index contributed by atoms with van der Waals surface area (Å²) < 4.78 is 31.8. The second kappa shape index (κ2) is 8.09. The summed E-state index contributed by atoms with van der Waals surface area (Å²) in [6, 6.07) is 1.58. The van der Waals surface area contributed by atoms with Crippen molar-refractivity contribution in [1.82, 2.24) is 9.62 Å². The number of thiophene rings is 1. The summed E-state index contributed by atoms with van der Waals surface area (Å²) in [6.45, 7) is 8.12. The highest BCUT2D eigenvalue weighted by atomic mass is 32.2. The SMILES string of the molecule is CCNCc1cc(S(=O)(=O)N(CC)C(C)COC)cs1. The molecule has 0 aliphatic heterocycles. The number of nitrogens with one attached hydrogen (secondary N) is 1. The number of nitrogens with zero attached hydrogens (tertiary/aromatic N) is 1. The van der Waals surface area contributed by atoms with Crippen LogP contribution in [-0.2, 0) is 21.3 Å². The van der Waals surface area contributed by atoms with Crippen molar-refractivity contribution in [1.29, 1.82) is 0 Å². The summed E-state index contributed by atoms with van der Waals surface area (Å²) in [6.07, 6.45) is 0. The van der Waals surface area contributed by atoms with Gasteiger partial charge in [-0.05, 0) is 19.5 Å². The molecule has 0 saturated carbocycles. The van der Waals surface area contributed by atoms with E-state index in [1.165, 1.54) is 15.6 Å². The topological polar surface area (TPSA) is 58.6 Å². The molecular weight excluding hydrogens is 296 g/mol. The molecule has 0 aliphatic rings. The molecule has 1 aromatic rings. The number of ether oxygens (including phenoxy) is 1. The van der Waals surface area contributed by atoms with Crippen LogP contribution in [0.5, 0.6) is 0 Å². The van der Waals surface area contributed by atoms with E-state index in [4.69, 9.17) is 4.74 Å². The molecule has 0 fully saturated rings. The van der Waals surface area contributed by atoms with Crippen LogP contribution in [-0.4, -0.2) is 45.6 Å². The van der Waals surface area contributed by atoms with Crippen LogP contribution in [0.1, 0.15) is 25.6 Å². The molecule has 1 atom stereocenters. The molecular formula is C13H24N2O3S2. The molecule has 1 aromatic heterocycles. The minimum Gasteiger partial charge on any atom is -0.383 e. The molecule has 20 heavy (non-hydrogen) atoms. The van der Waals surface area contributed by atoms with Gasteiger partial charge >= 0.3 is 0 Å². The van der Waals surface area contributed by atoms with E-state index in [2.05, 4.69) is 5.32 Å². The molecule has 0 aromatic carbocycles. The maximum Gasteiger partial charge on any atom is 0.244 e. The van der Waals surface area contributed by atoms with E-state index in [1.54, 1.807) is 18.6 Å². The molecule has 1 rings (SSSR count). The molecule has 7 heteroatoms. The highest BCUT2D eigenvalue weighted by Gasteiger charge is 2.28. The standard InChI is InChI=1S/C13H24N2O3S2/c1-5-14-8-12-7-13(10-19-12)20(16,17)15(6-2)11(3)9-18-4/h7,10-11,14H,5-6,8-9H2,1-4H3. The Labute approximate surface area is 126 Å². The monoisotopic (exact) mass is 320 g/mol. The Morgan fingerprint density at radius 3 is 2.70 bits per heavy atom. The van der Waals surface area contributed by atoms with Crippen molar-refractivity contribution in [3.8, 4) is 0 Å². The second-order valence-electron chi connectivity index (χ2n) is 4.54. The summed E-state index contributed by atoms with van der Waals surface area (Å²) in [5.74, 6) is 0. The fraction of sp³-hybridized carbons (Fsp3) is 0.692. The second-order valence-corrected chi connectivity index (χ2v) is 7.43. The van der Waals surface area contributed by atoms with E-state index in [9.17, 15) is 8.42 Å². The number of methoxy groups -OCH3 is 1. The van der Waals surface area contributed by atoms with Crippen molar-refractivity contribution in [2.75, 3.05) is 26.8 Å². The van der Waals surface area contributed by atoms with E-state index in [0.717, 1.165) is 11.4 Å². The molecule has 0 aliphatic carbocycles. The molecule has 0 bridgehead atoms. The maximum atomic E-state index is 12.6. The van der Waals surface area contributed by atoms with E-state index >= 15 is 0 Å². The Morgan fingerprint density at radius 1 is 1.45 bits per heavy atom. The van der Waals surface area contributed by atoms with Crippen LogP contribution in [0.2, 0.25) is 0 Å². The van der Waals surface area contributed by atoms with Gasteiger partial charge in [0, 0.05) is 36.5 Å². The zero-order valence-electron chi connectivity index (χ0n) is 12.5. The van der Waals surface area contributed by atoms with Gasteiger partial charge in [0.05, 0.1) is 11.5 Å². The van der Waals surface area contributed by atoms with Crippen LogP contribution in [0.3, 0.4) is 0 Å². The Hall–Kier alpha value is -0.470. The zero-order valence-corrected chi connectivity index (χ0v) is 14.2. The van der Waals surface area contributed by atoms with Crippen molar-refractivity contribution < 1.29 is 13.2 Å². The molecule has 0 amide bonds. The summed E-state index contributed by atoms with van der Waals surface area (Å²) in [4.78, 5) is 1.40. The maximum absolute atomic E-state index is 12.6. The van der Waals surface area contributed by atoms with Gasteiger partial charge < -0.3 is 10.1 Å². The summed E-state index contributed by atoms with van der Waals surface area (Å²) in [7, 11) is -1.86. The van der Waals surface area contributed by atoms with Crippen molar-refractivity contribution >= 4 is 21.4 Å². The van der Waals surface area contributed by atoms with E-state index in [1.807, 2.05) is 20.8 Å². The molecule has 1 N–H and O–H groups in total. The third-order valence-corrected chi connectivity index (χ3v) is 6.15. The van der Waals surface area contributed by atoms with Crippen LogP contribution in [0.15, 0.2) is 16.3 Å². The zero-order chi connectivity index (χ0) is 15.2. The average Bonchev–Trinajstić information content (AvgIpc) is 2.86. The van der Waals surface area contributed by atoms with Gasteiger partial charge in [-0.2, -0.15) is 4.31 Å². The van der Waals surface area contributed by atoms with E-state index in [0.29, 0.717) is 24.6 Å². The number of likely N-dealkylation sites (N-methyl/N-ethyl adjacent to an activating group) is 1. The van der Waals surface area contributed by atoms with Crippen molar-refractivity contribution in [2.24, 2.45) is 0 Å². The van der Waals surface area contributed by atoms with Crippen molar-refractivity contribution in [2.45, 2.75) is 38.3 Å². The van der Waals surface area contributed by atoms with Gasteiger partial charge in [0.25, 0.3) is 0 Å². The lowest BCUT2D eigenvalue weighted by Crippen LogP contribution is -2.40. The molecule has 0 radical (unpaired) electrons. The average molecular weight is 320 g/mol. The quantitative estimate of drug-likeness (QED) is 0.755. The first-order chi connectivity index (χ1) is 9.47. The lowest BCUT2D eigenvalue weighted by atomic mass is 10.4. The van der Waals surface area contributed by atoms with Crippen LogP contribution in [0.4, 0.5) is 0 Å². The van der Waals surface area contributed by atoms with Crippen molar-refractivity contribution in [3.05, 3.63) is 16.3 Å². The first kappa shape index (κ1) is 17.6. The molecule has 116 valence electrons. The first-order valence-corrected chi connectivity index (χ1v) is 9.08. The van der Waals surface area contributed by atoms with E-state index in [-0.39, 0.29) is 6.04 Å². The minimum absolute atomic E-state index is 0.174. The van der Waals surface area contributed by atoms with Crippen LogP contribution < -0.4 is 5.32 Å². The third kappa shape index (κ3) is 4.26. The Balaban J connectivity index is 2.93. The molecule has 0 saturated heterocycles. The first-order valence-electron chi connectivity index (χ1n) is 6.76. The van der Waals surface area contributed by atoms with Gasteiger partial charge in [-0.1, -0.05) is 13.8 Å². The highest BCUT2D eigenvalue weighted by Crippen LogP contribution is 2.24. The number of sulfonamides is 1. The van der Waals surface area contributed by atoms with E-state index < -0.39 is 10.0 Å². The van der Waals surface area contributed by atoms with Crippen LogP contribution in [0, 0.1) is 0 Å².